The van der Waals surface area contributed by atoms with Crippen LogP contribution in [0.2, 0.25) is 0 Å². The van der Waals surface area contributed by atoms with Crippen LogP contribution in [-0.4, -0.2) is 46.2 Å². The molecule has 1 aromatic heterocycles. The molecule has 1 aromatic carbocycles. The Morgan fingerprint density at radius 2 is 2.00 bits per heavy atom. The monoisotopic (exact) mass is 356 g/mol. The molecule has 3 rings (SSSR count). The summed E-state index contributed by atoms with van der Waals surface area (Å²) >= 11 is 1.48. The van der Waals surface area contributed by atoms with Gasteiger partial charge in [0.1, 0.15) is 0 Å². The van der Waals surface area contributed by atoms with Gasteiger partial charge in [-0.05, 0) is 31.6 Å². The number of carbonyl (C=O) groups excluding carboxylic acids is 1. The summed E-state index contributed by atoms with van der Waals surface area (Å²) in [5.41, 5.74) is 2.65. The SMILES string of the molecule is CSc1ncc(C(=O)NC2CCN(Cc3ccccc3)CC2)c(C)n1. The lowest BCUT2D eigenvalue weighted by Gasteiger charge is -2.32. The standard InChI is InChI=1S/C19H24N4OS/c1-14-17(12-20-19(21-14)25-2)18(24)22-16-8-10-23(11-9-16)13-15-6-4-3-5-7-15/h3-7,12,16H,8-11,13H2,1-2H3,(H,22,24). The fourth-order valence-corrected chi connectivity index (χ4v) is 3.49. The van der Waals surface area contributed by atoms with Crippen LogP contribution in [0.25, 0.3) is 0 Å². The van der Waals surface area contributed by atoms with Crippen molar-refractivity contribution in [3.05, 3.63) is 53.3 Å². The number of aromatic nitrogens is 2. The van der Waals surface area contributed by atoms with Gasteiger partial charge >= 0.3 is 0 Å². The van der Waals surface area contributed by atoms with Crippen LogP contribution in [-0.2, 0) is 6.54 Å². The van der Waals surface area contributed by atoms with Crippen molar-refractivity contribution in [3.8, 4) is 0 Å². The number of likely N-dealkylation sites (tertiary alicyclic amines) is 1. The van der Waals surface area contributed by atoms with E-state index in [0.717, 1.165) is 38.2 Å². The van der Waals surface area contributed by atoms with Crippen LogP contribution in [0.5, 0.6) is 0 Å². The zero-order valence-corrected chi connectivity index (χ0v) is 15.6. The quantitative estimate of drug-likeness (QED) is 0.659. The van der Waals surface area contributed by atoms with E-state index < -0.39 is 0 Å². The van der Waals surface area contributed by atoms with Crippen LogP contribution >= 0.6 is 11.8 Å². The molecule has 1 N–H and O–H groups in total. The van der Waals surface area contributed by atoms with Crippen molar-refractivity contribution >= 4 is 17.7 Å². The fraction of sp³-hybridized carbons (Fsp3) is 0.421. The highest BCUT2D eigenvalue weighted by Gasteiger charge is 2.22. The first-order chi connectivity index (χ1) is 12.2. The molecule has 132 valence electrons. The third kappa shape index (κ3) is 4.80. The molecule has 0 saturated carbocycles. The normalized spacial score (nSPS) is 15.9. The van der Waals surface area contributed by atoms with Crippen molar-refractivity contribution < 1.29 is 4.79 Å². The number of hydrogen-bond acceptors (Lipinski definition) is 5. The number of thioether (sulfide) groups is 1. The van der Waals surface area contributed by atoms with Crippen LogP contribution in [0.4, 0.5) is 0 Å². The van der Waals surface area contributed by atoms with E-state index in [1.165, 1.54) is 17.3 Å². The van der Waals surface area contributed by atoms with Crippen LogP contribution in [0, 0.1) is 6.92 Å². The Kier molecular flexibility index (Phi) is 6.04. The predicted molar refractivity (Wildman–Crippen MR) is 101 cm³/mol. The van der Waals surface area contributed by atoms with Gasteiger partial charge in [-0.1, -0.05) is 42.1 Å². The zero-order chi connectivity index (χ0) is 17.6. The molecule has 0 atom stereocenters. The van der Waals surface area contributed by atoms with E-state index in [1.807, 2.05) is 19.2 Å². The van der Waals surface area contributed by atoms with E-state index in [-0.39, 0.29) is 11.9 Å². The summed E-state index contributed by atoms with van der Waals surface area (Å²) in [5.74, 6) is -0.0633. The molecular formula is C19H24N4OS. The lowest BCUT2D eigenvalue weighted by atomic mass is 10.0. The molecule has 1 aliphatic rings. The highest BCUT2D eigenvalue weighted by molar-refractivity contribution is 7.98. The highest BCUT2D eigenvalue weighted by atomic mass is 32.2. The molecule has 1 fully saturated rings. The number of amides is 1. The van der Waals surface area contributed by atoms with E-state index in [1.54, 1.807) is 6.20 Å². The summed E-state index contributed by atoms with van der Waals surface area (Å²) in [6.45, 7) is 4.84. The molecule has 1 amide bonds. The first-order valence-electron chi connectivity index (χ1n) is 8.60. The van der Waals surface area contributed by atoms with Crippen molar-refractivity contribution in [1.29, 1.82) is 0 Å². The van der Waals surface area contributed by atoms with Crippen molar-refractivity contribution in [2.45, 2.75) is 37.5 Å². The molecular weight excluding hydrogens is 332 g/mol. The van der Waals surface area contributed by atoms with Crippen LogP contribution in [0.15, 0.2) is 41.7 Å². The number of carbonyl (C=O) groups is 1. The van der Waals surface area contributed by atoms with Crippen molar-refractivity contribution in [3.63, 3.8) is 0 Å². The molecule has 5 nitrogen and oxygen atoms in total. The summed E-state index contributed by atoms with van der Waals surface area (Å²) in [5, 5.41) is 3.84. The average Bonchev–Trinajstić information content (AvgIpc) is 2.64. The van der Waals surface area contributed by atoms with Gasteiger partial charge in [0, 0.05) is 31.9 Å². The van der Waals surface area contributed by atoms with Gasteiger partial charge in [-0.15, -0.1) is 0 Å². The highest BCUT2D eigenvalue weighted by Crippen LogP contribution is 2.16. The zero-order valence-electron chi connectivity index (χ0n) is 14.7. The molecule has 0 spiro atoms. The lowest BCUT2D eigenvalue weighted by Crippen LogP contribution is -2.44. The Morgan fingerprint density at radius 1 is 1.28 bits per heavy atom. The summed E-state index contributed by atoms with van der Waals surface area (Å²) in [6.07, 6.45) is 5.51. The number of benzene rings is 1. The molecule has 0 bridgehead atoms. The van der Waals surface area contributed by atoms with Crippen molar-refractivity contribution in [2.24, 2.45) is 0 Å². The van der Waals surface area contributed by atoms with Gasteiger partial charge in [0.05, 0.1) is 11.3 Å². The number of piperidine rings is 1. The number of nitrogens with one attached hydrogen (secondary N) is 1. The van der Waals surface area contributed by atoms with E-state index in [4.69, 9.17) is 0 Å². The maximum Gasteiger partial charge on any atom is 0.254 e. The van der Waals surface area contributed by atoms with Crippen molar-refractivity contribution in [2.75, 3.05) is 19.3 Å². The van der Waals surface area contributed by atoms with Gasteiger partial charge in [-0.25, -0.2) is 9.97 Å². The van der Waals surface area contributed by atoms with Crippen molar-refractivity contribution in [1.82, 2.24) is 20.2 Å². The summed E-state index contributed by atoms with van der Waals surface area (Å²) in [4.78, 5) is 23.5. The Morgan fingerprint density at radius 3 is 2.64 bits per heavy atom. The largest absolute Gasteiger partial charge is 0.349 e. The molecule has 1 saturated heterocycles. The predicted octanol–water partition coefficient (Wildman–Crippen LogP) is 2.90. The summed E-state index contributed by atoms with van der Waals surface area (Å²) in [7, 11) is 0. The molecule has 0 radical (unpaired) electrons. The van der Waals surface area contributed by atoms with Gasteiger partial charge in [-0.3, -0.25) is 9.69 Å². The second kappa shape index (κ2) is 8.45. The number of aryl methyl sites for hydroxylation is 1. The van der Waals surface area contributed by atoms with Crippen LogP contribution < -0.4 is 5.32 Å². The third-order valence-corrected chi connectivity index (χ3v) is 5.12. The lowest BCUT2D eigenvalue weighted by molar-refractivity contribution is 0.0907. The Bertz CT molecular complexity index is 715. The molecule has 1 aliphatic heterocycles. The molecule has 0 unspecified atom stereocenters. The van der Waals surface area contributed by atoms with Gasteiger partial charge in [-0.2, -0.15) is 0 Å². The second-order valence-corrected chi connectivity index (χ2v) is 7.14. The van der Waals surface area contributed by atoms with Crippen LogP contribution in [0.1, 0.15) is 34.5 Å². The first kappa shape index (κ1) is 17.9. The minimum atomic E-state index is -0.0633. The molecule has 2 heterocycles. The maximum atomic E-state index is 12.5. The minimum Gasteiger partial charge on any atom is -0.349 e. The van der Waals surface area contributed by atoms with Gasteiger partial charge in [0.2, 0.25) is 0 Å². The van der Waals surface area contributed by atoms with E-state index >= 15 is 0 Å². The fourth-order valence-electron chi connectivity index (χ4n) is 3.11. The number of nitrogens with zero attached hydrogens (tertiary/aromatic N) is 3. The van der Waals surface area contributed by atoms with Gasteiger partial charge in [0.25, 0.3) is 5.91 Å². The molecule has 0 aliphatic carbocycles. The van der Waals surface area contributed by atoms with E-state index in [0.29, 0.717) is 10.7 Å². The average molecular weight is 356 g/mol. The van der Waals surface area contributed by atoms with E-state index in [2.05, 4.69) is 44.5 Å². The van der Waals surface area contributed by atoms with Crippen LogP contribution in [0.3, 0.4) is 0 Å². The number of hydrogen-bond donors (Lipinski definition) is 1. The minimum absolute atomic E-state index is 0.0633. The smallest absolute Gasteiger partial charge is 0.254 e. The molecule has 25 heavy (non-hydrogen) atoms. The third-order valence-electron chi connectivity index (χ3n) is 4.56. The Hall–Kier alpha value is -1.92. The van der Waals surface area contributed by atoms with E-state index in [9.17, 15) is 4.79 Å². The summed E-state index contributed by atoms with van der Waals surface area (Å²) < 4.78 is 0. The Balaban J connectivity index is 1.51. The first-order valence-corrected chi connectivity index (χ1v) is 9.83. The topological polar surface area (TPSA) is 58.1 Å². The second-order valence-electron chi connectivity index (χ2n) is 6.37. The maximum absolute atomic E-state index is 12.5. The molecule has 6 heteroatoms. The molecule has 2 aromatic rings. The van der Waals surface area contributed by atoms with Gasteiger partial charge in [0.15, 0.2) is 5.16 Å². The number of rotatable bonds is 5. The van der Waals surface area contributed by atoms with Gasteiger partial charge < -0.3 is 5.32 Å². The Labute approximate surface area is 153 Å². The summed E-state index contributed by atoms with van der Waals surface area (Å²) in [6, 6.07) is 10.7.